The molecular weight excluding hydrogens is 268 g/mol. The lowest BCUT2D eigenvalue weighted by Crippen LogP contribution is -2.39. The maximum Gasteiger partial charge on any atom is 0.261 e. The summed E-state index contributed by atoms with van der Waals surface area (Å²) in [4.78, 5) is 27.0. The van der Waals surface area contributed by atoms with Crippen LogP contribution >= 0.6 is 0 Å². The first-order chi connectivity index (χ1) is 9.99. The Morgan fingerprint density at radius 1 is 1.38 bits per heavy atom. The summed E-state index contributed by atoms with van der Waals surface area (Å²) in [6, 6.07) is 1.83. The number of pyridine rings is 1. The molecular formula is C16H22N2O3. The minimum atomic E-state index is -0.320. The van der Waals surface area contributed by atoms with Crippen molar-refractivity contribution in [1.29, 1.82) is 0 Å². The van der Waals surface area contributed by atoms with Crippen LogP contribution in [0.3, 0.4) is 0 Å². The molecule has 2 aliphatic rings. The number of hydrogen-bond donors (Lipinski definition) is 2. The number of hydrogen-bond acceptors (Lipinski definition) is 3. The molecule has 0 bridgehead atoms. The molecule has 1 aliphatic carbocycles. The van der Waals surface area contributed by atoms with Crippen LogP contribution < -0.4 is 10.9 Å². The molecule has 1 unspecified atom stereocenters. The molecule has 2 fully saturated rings. The Hall–Kier alpha value is -1.62. The third-order valence-electron chi connectivity index (χ3n) is 4.65. The Morgan fingerprint density at radius 2 is 2.10 bits per heavy atom. The SMILES string of the molecule is Cc1cc(C)c(C(=O)NC2COC3(CCCC3)C2)c(=O)[nH]1. The van der Waals surface area contributed by atoms with Crippen molar-refractivity contribution in [1.82, 2.24) is 10.3 Å². The Morgan fingerprint density at radius 3 is 2.76 bits per heavy atom. The molecule has 3 rings (SSSR count). The maximum atomic E-state index is 12.4. The van der Waals surface area contributed by atoms with Gasteiger partial charge in [-0.3, -0.25) is 9.59 Å². The Bertz CT molecular complexity index is 614. The van der Waals surface area contributed by atoms with Gasteiger partial charge in [-0.1, -0.05) is 12.8 Å². The van der Waals surface area contributed by atoms with E-state index >= 15 is 0 Å². The highest BCUT2D eigenvalue weighted by Crippen LogP contribution is 2.40. The highest BCUT2D eigenvalue weighted by molar-refractivity contribution is 5.95. The number of carbonyl (C=O) groups excluding carboxylic acids is 1. The summed E-state index contributed by atoms with van der Waals surface area (Å²) in [6.45, 7) is 4.15. The van der Waals surface area contributed by atoms with Gasteiger partial charge in [-0.25, -0.2) is 0 Å². The molecule has 114 valence electrons. The van der Waals surface area contributed by atoms with E-state index in [2.05, 4.69) is 10.3 Å². The van der Waals surface area contributed by atoms with E-state index in [9.17, 15) is 9.59 Å². The van der Waals surface area contributed by atoms with Crippen LogP contribution in [0.5, 0.6) is 0 Å². The summed E-state index contributed by atoms with van der Waals surface area (Å²) in [7, 11) is 0. The highest BCUT2D eigenvalue weighted by Gasteiger charge is 2.42. The van der Waals surface area contributed by atoms with Gasteiger partial charge in [-0.05, 0) is 44.7 Å². The number of ether oxygens (including phenoxy) is 1. The molecule has 0 radical (unpaired) electrons. The first-order valence-corrected chi connectivity index (χ1v) is 7.64. The molecule has 1 saturated carbocycles. The van der Waals surface area contributed by atoms with Crippen LogP contribution in [0.15, 0.2) is 10.9 Å². The van der Waals surface area contributed by atoms with Crippen molar-refractivity contribution in [3.8, 4) is 0 Å². The molecule has 1 aromatic heterocycles. The Labute approximate surface area is 124 Å². The minimum absolute atomic E-state index is 0.00991. The average Bonchev–Trinajstić information content (AvgIpc) is 2.99. The lowest BCUT2D eigenvalue weighted by molar-refractivity contribution is 0.00987. The molecule has 1 amide bonds. The summed E-state index contributed by atoms with van der Waals surface area (Å²) in [5.41, 5.74) is 1.35. The maximum absolute atomic E-state index is 12.4. The van der Waals surface area contributed by atoms with Crippen LogP contribution in [0.25, 0.3) is 0 Å². The number of aryl methyl sites for hydroxylation is 2. The summed E-state index contributed by atoms with van der Waals surface area (Å²) in [5.74, 6) is -0.294. The molecule has 1 aliphatic heterocycles. The molecule has 2 N–H and O–H groups in total. The Balaban J connectivity index is 1.72. The van der Waals surface area contributed by atoms with Crippen molar-refractivity contribution in [2.24, 2.45) is 0 Å². The van der Waals surface area contributed by atoms with E-state index in [1.807, 2.05) is 13.0 Å². The lowest BCUT2D eigenvalue weighted by Gasteiger charge is -2.21. The van der Waals surface area contributed by atoms with Gasteiger partial charge in [-0.2, -0.15) is 0 Å². The lowest BCUT2D eigenvalue weighted by atomic mass is 9.96. The zero-order valence-corrected chi connectivity index (χ0v) is 12.6. The third-order valence-corrected chi connectivity index (χ3v) is 4.65. The second kappa shape index (κ2) is 5.30. The van der Waals surface area contributed by atoms with Crippen molar-refractivity contribution in [3.63, 3.8) is 0 Å². The van der Waals surface area contributed by atoms with Crippen LogP contribution in [0.1, 0.15) is 53.7 Å². The van der Waals surface area contributed by atoms with Gasteiger partial charge in [0.25, 0.3) is 11.5 Å². The number of carbonyl (C=O) groups is 1. The van der Waals surface area contributed by atoms with Crippen molar-refractivity contribution in [2.75, 3.05) is 6.61 Å². The first kappa shape index (κ1) is 14.3. The number of aromatic nitrogens is 1. The van der Waals surface area contributed by atoms with E-state index in [1.54, 1.807) is 6.92 Å². The summed E-state index contributed by atoms with van der Waals surface area (Å²) in [5, 5.41) is 2.96. The topological polar surface area (TPSA) is 71.2 Å². The van der Waals surface area contributed by atoms with E-state index < -0.39 is 0 Å². The molecule has 0 aromatic carbocycles. The largest absolute Gasteiger partial charge is 0.373 e. The summed E-state index contributed by atoms with van der Waals surface area (Å²) >= 11 is 0. The fourth-order valence-electron chi connectivity index (χ4n) is 3.70. The van der Waals surface area contributed by atoms with Gasteiger partial charge in [0.1, 0.15) is 5.56 Å². The highest BCUT2D eigenvalue weighted by atomic mass is 16.5. The monoisotopic (exact) mass is 290 g/mol. The van der Waals surface area contributed by atoms with Gasteiger partial charge in [0, 0.05) is 5.69 Å². The third kappa shape index (κ3) is 2.75. The zero-order valence-electron chi connectivity index (χ0n) is 12.6. The van der Waals surface area contributed by atoms with Crippen molar-refractivity contribution < 1.29 is 9.53 Å². The second-order valence-corrected chi connectivity index (χ2v) is 6.42. The fourth-order valence-corrected chi connectivity index (χ4v) is 3.70. The van der Waals surface area contributed by atoms with Crippen molar-refractivity contribution >= 4 is 5.91 Å². The summed E-state index contributed by atoms with van der Waals surface area (Å²) in [6.07, 6.45) is 5.45. The van der Waals surface area contributed by atoms with E-state index in [1.165, 1.54) is 12.8 Å². The van der Waals surface area contributed by atoms with Crippen molar-refractivity contribution in [3.05, 3.63) is 33.2 Å². The smallest absolute Gasteiger partial charge is 0.261 e. The summed E-state index contributed by atoms with van der Waals surface area (Å²) < 4.78 is 5.93. The number of H-pyrrole nitrogens is 1. The van der Waals surface area contributed by atoms with Crippen LogP contribution in [-0.4, -0.2) is 29.1 Å². The van der Waals surface area contributed by atoms with Crippen LogP contribution in [0.4, 0.5) is 0 Å². The van der Waals surface area contributed by atoms with E-state index in [0.717, 1.165) is 25.0 Å². The van der Waals surface area contributed by atoms with Gasteiger partial charge in [0.05, 0.1) is 18.2 Å². The average molecular weight is 290 g/mol. The quantitative estimate of drug-likeness (QED) is 0.873. The predicted octanol–water partition coefficient (Wildman–Crippen LogP) is 1.82. The molecule has 1 spiro atoms. The van der Waals surface area contributed by atoms with Crippen LogP contribution in [0, 0.1) is 13.8 Å². The van der Waals surface area contributed by atoms with Gasteiger partial charge in [-0.15, -0.1) is 0 Å². The number of rotatable bonds is 2. The van der Waals surface area contributed by atoms with Crippen LogP contribution in [0.2, 0.25) is 0 Å². The minimum Gasteiger partial charge on any atom is -0.373 e. The molecule has 1 atom stereocenters. The van der Waals surface area contributed by atoms with Gasteiger partial charge in [0.15, 0.2) is 0 Å². The molecule has 21 heavy (non-hydrogen) atoms. The second-order valence-electron chi connectivity index (χ2n) is 6.42. The number of nitrogens with one attached hydrogen (secondary N) is 2. The fraction of sp³-hybridized carbons (Fsp3) is 0.625. The Kier molecular flexibility index (Phi) is 3.61. The van der Waals surface area contributed by atoms with E-state index in [0.29, 0.717) is 12.2 Å². The standard InChI is InChI=1S/C16H22N2O3/c1-10-7-11(2)17-14(19)13(10)15(20)18-12-8-16(21-9-12)5-3-4-6-16/h7,12H,3-6,8-9H2,1-2H3,(H,17,19)(H,18,20). The normalized spacial score (nSPS) is 23.6. The number of amides is 1. The molecule has 2 heterocycles. The van der Waals surface area contributed by atoms with Gasteiger partial charge in [0.2, 0.25) is 0 Å². The molecule has 5 heteroatoms. The van der Waals surface area contributed by atoms with Gasteiger partial charge >= 0.3 is 0 Å². The van der Waals surface area contributed by atoms with Crippen molar-refractivity contribution in [2.45, 2.75) is 57.6 Å². The van der Waals surface area contributed by atoms with E-state index in [4.69, 9.17) is 4.74 Å². The number of aromatic amines is 1. The van der Waals surface area contributed by atoms with E-state index in [-0.39, 0.29) is 28.7 Å². The molecule has 1 saturated heterocycles. The predicted molar refractivity (Wildman–Crippen MR) is 79.6 cm³/mol. The first-order valence-electron chi connectivity index (χ1n) is 7.64. The molecule has 5 nitrogen and oxygen atoms in total. The van der Waals surface area contributed by atoms with Gasteiger partial charge < -0.3 is 15.0 Å². The van der Waals surface area contributed by atoms with Crippen LogP contribution in [-0.2, 0) is 4.74 Å². The zero-order chi connectivity index (χ0) is 15.0. The molecule has 1 aromatic rings.